The van der Waals surface area contributed by atoms with Gasteiger partial charge in [-0.05, 0) is 32.1 Å². The quantitative estimate of drug-likeness (QED) is 0.702. The van der Waals surface area contributed by atoms with E-state index in [0.29, 0.717) is 38.5 Å². The normalized spacial score (nSPS) is 19.8. The third kappa shape index (κ3) is 5.49. The Bertz CT molecular complexity index is 280. The minimum Gasteiger partial charge on any atom is -0.481 e. The first-order valence-corrected chi connectivity index (χ1v) is 6.70. The van der Waals surface area contributed by atoms with E-state index in [0.717, 1.165) is 19.4 Å². The molecule has 0 bridgehead atoms. The average Bonchev–Trinajstić information content (AvgIpc) is 2.37. The summed E-state index contributed by atoms with van der Waals surface area (Å²) in [5.74, 6) is -0.288. The Balaban J connectivity index is 2.28. The van der Waals surface area contributed by atoms with Gasteiger partial charge in [-0.15, -0.1) is 0 Å². The number of amides is 1. The van der Waals surface area contributed by atoms with Crippen LogP contribution in [0.1, 0.15) is 39.0 Å². The van der Waals surface area contributed by atoms with Gasteiger partial charge in [-0.1, -0.05) is 0 Å². The number of aliphatic carboxylic acids is 1. The van der Waals surface area contributed by atoms with Crippen molar-refractivity contribution < 1.29 is 19.4 Å². The van der Waals surface area contributed by atoms with Gasteiger partial charge < -0.3 is 14.7 Å². The molecule has 1 saturated heterocycles. The average molecular weight is 257 g/mol. The second-order valence-electron chi connectivity index (χ2n) is 4.73. The number of piperidine rings is 1. The lowest BCUT2D eigenvalue weighted by molar-refractivity contribution is -0.137. The fourth-order valence-electron chi connectivity index (χ4n) is 2.32. The first kappa shape index (κ1) is 15.0. The Morgan fingerprint density at radius 2 is 2.17 bits per heavy atom. The summed E-state index contributed by atoms with van der Waals surface area (Å²) in [6.45, 7) is 4.53. The molecule has 1 heterocycles. The van der Waals surface area contributed by atoms with E-state index in [1.54, 1.807) is 0 Å². The fourth-order valence-corrected chi connectivity index (χ4v) is 2.32. The number of ether oxygens (including phenoxy) is 1. The molecule has 1 atom stereocenters. The molecule has 1 fully saturated rings. The molecule has 0 spiro atoms. The van der Waals surface area contributed by atoms with Crippen molar-refractivity contribution in [2.24, 2.45) is 5.92 Å². The smallest absolute Gasteiger partial charge is 0.303 e. The Morgan fingerprint density at radius 3 is 2.83 bits per heavy atom. The second-order valence-corrected chi connectivity index (χ2v) is 4.73. The highest BCUT2D eigenvalue weighted by Crippen LogP contribution is 2.21. The summed E-state index contributed by atoms with van der Waals surface area (Å²) < 4.78 is 5.18. The van der Waals surface area contributed by atoms with E-state index in [4.69, 9.17) is 9.84 Å². The fraction of sp³-hybridized carbons (Fsp3) is 0.846. The third-order valence-corrected chi connectivity index (χ3v) is 3.30. The van der Waals surface area contributed by atoms with Crippen LogP contribution in [-0.4, -0.2) is 48.2 Å². The number of rotatable bonds is 7. The van der Waals surface area contributed by atoms with Gasteiger partial charge in [0.1, 0.15) is 0 Å². The SMILES string of the molecule is CCOCCC(=O)N1CCCC(CCC(=O)O)C1. The summed E-state index contributed by atoms with van der Waals surface area (Å²) in [4.78, 5) is 24.3. The van der Waals surface area contributed by atoms with E-state index < -0.39 is 5.97 Å². The summed E-state index contributed by atoms with van der Waals surface area (Å²) in [6.07, 6.45) is 3.31. The van der Waals surface area contributed by atoms with Crippen LogP contribution in [0.15, 0.2) is 0 Å². The molecule has 104 valence electrons. The van der Waals surface area contributed by atoms with Crippen molar-refractivity contribution in [1.82, 2.24) is 4.90 Å². The van der Waals surface area contributed by atoms with Crippen LogP contribution < -0.4 is 0 Å². The number of likely N-dealkylation sites (tertiary alicyclic amines) is 1. The molecule has 0 saturated carbocycles. The Morgan fingerprint density at radius 1 is 1.39 bits per heavy atom. The van der Waals surface area contributed by atoms with E-state index >= 15 is 0 Å². The van der Waals surface area contributed by atoms with Crippen molar-refractivity contribution >= 4 is 11.9 Å². The van der Waals surface area contributed by atoms with E-state index in [2.05, 4.69) is 0 Å². The number of carboxylic acid groups (broad SMARTS) is 1. The lowest BCUT2D eigenvalue weighted by Crippen LogP contribution is -2.40. The molecule has 0 radical (unpaired) electrons. The highest BCUT2D eigenvalue weighted by molar-refractivity contribution is 5.76. The number of hydrogen-bond donors (Lipinski definition) is 1. The van der Waals surface area contributed by atoms with Crippen molar-refractivity contribution in [3.63, 3.8) is 0 Å². The zero-order chi connectivity index (χ0) is 13.4. The molecule has 1 amide bonds. The van der Waals surface area contributed by atoms with Crippen LogP contribution in [0.25, 0.3) is 0 Å². The molecule has 1 N–H and O–H groups in total. The zero-order valence-corrected chi connectivity index (χ0v) is 11.1. The molecule has 5 nitrogen and oxygen atoms in total. The monoisotopic (exact) mass is 257 g/mol. The number of carbonyl (C=O) groups is 2. The molecule has 1 aliphatic rings. The highest BCUT2D eigenvalue weighted by Gasteiger charge is 2.23. The van der Waals surface area contributed by atoms with E-state index in [1.807, 2.05) is 11.8 Å². The van der Waals surface area contributed by atoms with Gasteiger partial charge in [0.05, 0.1) is 13.0 Å². The summed E-state index contributed by atoms with van der Waals surface area (Å²) >= 11 is 0. The van der Waals surface area contributed by atoms with Crippen molar-refractivity contribution in [2.45, 2.75) is 39.0 Å². The summed E-state index contributed by atoms with van der Waals surface area (Å²) in [6, 6.07) is 0. The molecule has 1 rings (SSSR count). The summed E-state index contributed by atoms with van der Waals surface area (Å²) in [7, 11) is 0. The van der Waals surface area contributed by atoms with Gasteiger partial charge in [0, 0.05) is 26.1 Å². The van der Waals surface area contributed by atoms with Crippen LogP contribution in [0.2, 0.25) is 0 Å². The highest BCUT2D eigenvalue weighted by atomic mass is 16.5. The molecular weight excluding hydrogens is 234 g/mol. The second kappa shape index (κ2) is 8.08. The van der Waals surface area contributed by atoms with Gasteiger partial charge in [-0.3, -0.25) is 9.59 Å². The third-order valence-electron chi connectivity index (χ3n) is 3.30. The Hall–Kier alpha value is -1.10. The van der Waals surface area contributed by atoms with Gasteiger partial charge in [-0.25, -0.2) is 0 Å². The number of hydrogen-bond acceptors (Lipinski definition) is 3. The molecular formula is C13H23NO4. The topological polar surface area (TPSA) is 66.8 Å². The van der Waals surface area contributed by atoms with Gasteiger partial charge in [-0.2, -0.15) is 0 Å². The maximum atomic E-state index is 11.9. The maximum Gasteiger partial charge on any atom is 0.303 e. The number of carbonyl (C=O) groups excluding carboxylic acids is 1. The molecule has 1 aliphatic heterocycles. The molecule has 18 heavy (non-hydrogen) atoms. The lowest BCUT2D eigenvalue weighted by Gasteiger charge is -2.32. The Labute approximate surface area is 108 Å². The van der Waals surface area contributed by atoms with Crippen LogP contribution in [-0.2, 0) is 14.3 Å². The van der Waals surface area contributed by atoms with Crippen molar-refractivity contribution in [3.05, 3.63) is 0 Å². The number of carboxylic acids is 1. The molecule has 0 aliphatic carbocycles. The minimum absolute atomic E-state index is 0.128. The molecule has 0 aromatic carbocycles. The first-order valence-electron chi connectivity index (χ1n) is 6.70. The van der Waals surface area contributed by atoms with Crippen LogP contribution >= 0.6 is 0 Å². The zero-order valence-electron chi connectivity index (χ0n) is 11.1. The Kier molecular flexibility index (Phi) is 6.72. The largest absolute Gasteiger partial charge is 0.481 e. The standard InChI is InChI=1S/C13H23NO4/c1-2-18-9-7-12(15)14-8-3-4-11(10-14)5-6-13(16)17/h11H,2-10H2,1H3,(H,16,17). The van der Waals surface area contributed by atoms with Crippen molar-refractivity contribution in [1.29, 1.82) is 0 Å². The van der Waals surface area contributed by atoms with Crippen LogP contribution in [0.5, 0.6) is 0 Å². The van der Waals surface area contributed by atoms with E-state index in [-0.39, 0.29) is 12.3 Å². The van der Waals surface area contributed by atoms with Gasteiger partial charge in [0.15, 0.2) is 0 Å². The molecule has 0 aromatic rings. The van der Waals surface area contributed by atoms with Gasteiger partial charge in [0.25, 0.3) is 0 Å². The van der Waals surface area contributed by atoms with Gasteiger partial charge >= 0.3 is 5.97 Å². The van der Waals surface area contributed by atoms with E-state index in [1.165, 1.54) is 0 Å². The van der Waals surface area contributed by atoms with Crippen LogP contribution in [0, 0.1) is 5.92 Å². The molecule has 0 aromatic heterocycles. The summed E-state index contributed by atoms with van der Waals surface area (Å²) in [5.41, 5.74) is 0. The predicted molar refractivity (Wildman–Crippen MR) is 67.3 cm³/mol. The van der Waals surface area contributed by atoms with Crippen molar-refractivity contribution in [2.75, 3.05) is 26.3 Å². The van der Waals surface area contributed by atoms with Crippen LogP contribution in [0.3, 0.4) is 0 Å². The van der Waals surface area contributed by atoms with Crippen molar-refractivity contribution in [3.8, 4) is 0 Å². The van der Waals surface area contributed by atoms with Gasteiger partial charge in [0.2, 0.25) is 5.91 Å². The lowest BCUT2D eigenvalue weighted by atomic mass is 9.93. The maximum absolute atomic E-state index is 11.9. The first-order chi connectivity index (χ1) is 8.63. The predicted octanol–water partition coefficient (Wildman–Crippen LogP) is 1.52. The number of nitrogens with zero attached hydrogens (tertiary/aromatic N) is 1. The molecule has 5 heteroatoms. The van der Waals surface area contributed by atoms with E-state index in [9.17, 15) is 9.59 Å². The van der Waals surface area contributed by atoms with Crippen LogP contribution in [0.4, 0.5) is 0 Å². The minimum atomic E-state index is -0.755. The molecule has 1 unspecified atom stereocenters. The summed E-state index contributed by atoms with van der Waals surface area (Å²) in [5, 5.41) is 8.67.